The van der Waals surface area contributed by atoms with E-state index in [1.807, 2.05) is 31.2 Å². The Morgan fingerprint density at radius 2 is 1.12 bits per heavy atom. The lowest BCUT2D eigenvalue weighted by Crippen LogP contribution is -2.39. The van der Waals surface area contributed by atoms with Crippen molar-refractivity contribution in [2.75, 3.05) is 20.7 Å². The van der Waals surface area contributed by atoms with E-state index in [0.717, 1.165) is 27.2 Å². The first-order chi connectivity index (χ1) is 32.1. The molecule has 7 rings (SSSR count). The predicted molar refractivity (Wildman–Crippen MR) is 251 cm³/mol. The Hall–Kier alpha value is -6.13. The van der Waals surface area contributed by atoms with Gasteiger partial charge in [0.25, 0.3) is 0 Å². The fraction of sp³-hybridized carbons (Fsp3) is 0.244. The number of carbonyl (C=O) groups excluding carboxylic acids is 2. The molecule has 6 N–H and O–H groups in total. The van der Waals surface area contributed by atoms with E-state index >= 15 is 0 Å². The van der Waals surface area contributed by atoms with Gasteiger partial charge in [-0.1, -0.05) is 70.5 Å². The largest absolute Gasteiger partial charge is 0.437 e. The second-order valence-corrected chi connectivity index (χ2v) is 16.7. The SMILES string of the molecule is CB(O)NCc1cccc(N2N=C(C(F)(F)F)CC2C(=O)Nc2ccc(-c3ccccc3C)cc2F)c1.CB(O)NCc1cccc(N2N=C(C(F)(F)F)CC2C(=O)Nc2ccc(Br)cc2F)c1. The average Bonchev–Trinajstić information content (AvgIpc) is 3.95. The van der Waals surface area contributed by atoms with Gasteiger partial charge in [0.15, 0.2) is 0 Å². The van der Waals surface area contributed by atoms with Crippen LogP contribution >= 0.6 is 15.9 Å². The second kappa shape index (κ2) is 21.9. The van der Waals surface area contributed by atoms with E-state index in [-0.39, 0.29) is 35.8 Å². The first kappa shape index (κ1) is 51.3. The minimum absolute atomic E-state index is 0.141. The third-order valence-corrected chi connectivity index (χ3v) is 11.0. The van der Waals surface area contributed by atoms with Gasteiger partial charge in [-0.05, 0) is 103 Å². The molecular weight excluding hydrogens is 970 g/mol. The van der Waals surface area contributed by atoms with Crippen molar-refractivity contribution in [3.8, 4) is 11.1 Å². The summed E-state index contributed by atoms with van der Waals surface area (Å²) in [5.74, 6) is -3.08. The summed E-state index contributed by atoms with van der Waals surface area (Å²) in [5, 5.41) is 38.5. The van der Waals surface area contributed by atoms with Gasteiger partial charge in [0, 0.05) is 30.4 Å². The van der Waals surface area contributed by atoms with Gasteiger partial charge in [-0.2, -0.15) is 36.5 Å². The summed E-state index contributed by atoms with van der Waals surface area (Å²) < 4.78 is 110. The second-order valence-electron chi connectivity index (χ2n) is 15.8. The third-order valence-electron chi connectivity index (χ3n) is 10.5. The molecule has 68 heavy (non-hydrogen) atoms. The molecular formula is C45H43B2BrF8N8O4. The molecule has 0 bridgehead atoms. The molecule has 0 aromatic heterocycles. The molecule has 356 valence electrons. The molecule has 2 unspecified atom stereocenters. The van der Waals surface area contributed by atoms with E-state index in [1.165, 1.54) is 50.0 Å². The van der Waals surface area contributed by atoms with E-state index in [4.69, 9.17) is 0 Å². The fourth-order valence-electron chi connectivity index (χ4n) is 7.10. The molecule has 2 aliphatic rings. The smallest absolute Gasteiger partial charge is 0.431 e. The Morgan fingerprint density at radius 1 is 0.662 bits per heavy atom. The first-order valence-corrected chi connectivity index (χ1v) is 21.7. The van der Waals surface area contributed by atoms with Crippen molar-refractivity contribution >= 4 is 76.0 Å². The molecule has 0 spiro atoms. The minimum Gasteiger partial charge on any atom is -0.437 e. The number of aryl methyl sites for hydroxylation is 1. The van der Waals surface area contributed by atoms with Crippen LogP contribution in [0.1, 0.15) is 29.5 Å². The molecule has 2 heterocycles. The molecule has 2 atom stereocenters. The number of alkyl halides is 6. The summed E-state index contributed by atoms with van der Waals surface area (Å²) in [6.07, 6.45) is -10.8. The standard InChI is InChI=1S/C26H25BF4N4O2.C19H18BBrF4N4O2/c1-16-6-3-4-9-20(16)18-10-11-22(21(28)13-18)33-25(36)23-14-24(26(29,30)31)34-35(23)19-8-5-7-17(12-19)15-32-27(2)37;1-20(31)26-10-11-3-2-4-13(7-11)29-16(9-17(28-29)19(23,24)25)18(30)27-15-6-5-12(21)8-14(15)22/h3-13,23,32,37H,14-15H2,1-2H3,(H,33,36);2-8,16,26,31H,9-10H2,1H3,(H,27,30). The summed E-state index contributed by atoms with van der Waals surface area (Å²) in [6, 6.07) is 25.9. The van der Waals surface area contributed by atoms with E-state index in [9.17, 15) is 54.8 Å². The number of amides is 2. The van der Waals surface area contributed by atoms with E-state index < -0.39 is 86.3 Å². The molecule has 5 aromatic rings. The van der Waals surface area contributed by atoms with Crippen molar-refractivity contribution in [1.29, 1.82) is 0 Å². The number of rotatable bonds is 13. The van der Waals surface area contributed by atoms with Crippen molar-refractivity contribution < 1.29 is 54.8 Å². The van der Waals surface area contributed by atoms with E-state index in [2.05, 4.69) is 47.2 Å². The van der Waals surface area contributed by atoms with Crippen LogP contribution in [0.3, 0.4) is 0 Å². The topological polar surface area (TPSA) is 154 Å². The molecule has 2 amide bonds. The lowest BCUT2D eigenvalue weighted by Gasteiger charge is -2.23. The monoisotopic (exact) mass is 1010 g/mol. The van der Waals surface area contributed by atoms with Gasteiger partial charge in [-0.25, -0.2) is 8.78 Å². The summed E-state index contributed by atoms with van der Waals surface area (Å²) in [6.45, 7) is 5.48. The Balaban J connectivity index is 0.000000228. The van der Waals surface area contributed by atoms with Gasteiger partial charge in [0.05, 0.1) is 22.7 Å². The highest BCUT2D eigenvalue weighted by molar-refractivity contribution is 9.10. The summed E-state index contributed by atoms with van der Waals surface area (Å²) >= 11 is 3.10. The maximum Gasteiger partial charge on any atom is 0.431 e. The lowest BCUT2D eigenvalue weighted by molar-refractivity contribution is -0.118. The van der Waals surface area contributed by atoms with Gasteiger partial charge in [0.2, 0.25) is 11.8 Å². The predicted octanol–water partition coefficient (Wildman–Crippen LogP) is 9.06. The zero-order valence-electron chi connectivity index (χ0n) is 36.4. The average molecular weight is 1010 g/mol. The Labute approximate surface area is 394 Å². The zero-order chi connectivity index (χ0) is 49.5. The molecule has 0 radical (unpaired) electrons. The quantitative estimate of drug-likeness (QED) is 0.0505. The molecule has 12 nitrogen and oxygen atoms in total. The molecule has 0 saturated heterocycles. The first-order valence-electron chi connectivity index (χ1n) is 20.9. The van der Waals surface area contributed by atoms with E-state index in [0.29, 0.717) is 21.2 Å². The van der Waals surface area contributed by atoms with Crippen LogP contribution in [0.25, 0.3) is 11.1 Å². The summed E-state index contributed by atoms with van der Waals surface area (Å²) in [4.78, 5) is 25.9. The van der Waals surface area contributed by atoms with Crippen LogP contribution in [-0.2, 0) is 22.7 Å². The summed E-state index contributed by atoms with van der Waals surface area (Å²) in [5.41, 5.74) is 1.77. The van der Waals surface area contributed by atoms with Crippen molar-refractivity contribution in [2.24, 2.45) is 10.2 Å². The molecule has 23 heteroatoms. The van der Waals surface area contributed by atoms with Gasteiger partial charge in [-0.3, -0.25) is 19.6 Å². The number of hydrogen-bond acceptors (Lipinski definition) is 10. The normalized spacial score (nSPS) is 15.9. The van der Waals surface area contributed by atoms with Crippen LogP contribution in [0.15, 0.2) is 124 Å². The van der Waals surface area contributed by atoms with Gasteiger partial charge < -0.3 is 31.1 Å². The lowest BCUT2D eigenvalue weighted by atomic mass is 9.88. The van der Waals surface area contributed by atoms with Crippen LogP contribution in [0.5, 0.6) is 0 Å². The highest BCUT2D eigenvalue weighted by Crippen LogP contribution is 2.35. The number of hydrogen-bond donors (Lipinski definition) is 6. The maximum atomic E-state index is 14.9. The highest BCUT2D eigenvalue weighted by Gasteiger charge is 2.47. The Kier molecular flexibility index (Phi) is 16.5. The van der Waals surface area contributed by atoms with Gasteiger partial charge in [-0.15, -0.1) is 0 Å². The third kappa shape index (κ3) is 13.3. The van der Waals surface area contributed by atoms with Gasteiger partial charge in [0.1, 0.15) is 35.1 Å². The number of carbonyl (C=O) groups is 2. The van der Waals surface area contributed by atoms with Crippen molar-refractivity contribution in [3.05, 3.63) is 142 Å². The Morgan fingerprint density at radius 3 is 1.54 bits per heavy atom. The molecule has 5 aromatic carbocycles. The molecule has 0 saturated carbocycles. The highest BCUT2D eigenvalue weighted by atomic mass is 79.9. The summed E-state index contributed by atoms with van der Waals surface area (Å²) in [7, 11) is -1.56. The van der Waals surface area contributed by atoms with Crippen molar-refractivity contribution in [2.45, 2.75) is 70.9 Å². The zero-order valence-corrected chi connectivity index (χ0v) is 38.0. The van der Waals surface area contributed by atoms with Crippen LogP contribution < -0.4 is 31.1 Å². The Bertz CT molecular complexity index is 2690. The fourth-order valence-corrected chi connectivity index (χ4v) is 7.43. The molecule has 2 aliphatic heterocycles. The number of nitrogens with one attached hydrogen (secondary N) is 4. The maximum absolute atomic E-state index is 14.9. The van der Waals surface area contributed by atoms with Crippen LogP contribution in [-0.4, -0.2) is 71.8 Å². The van der Waals surface area contributed by atoms with Crippen LogP contribution in [0.4, 0.5) is 57.9 Å². The number of halogens is 9. The van der Waals surface area contributed by atoms with Crippen LogP contribution in [0, 0.1) is 18.6 Å². The van der Waals surface area contributed by atoms with Crippen LogP contribution in [0.2, 0.25) is 13.6 Å². The number of hydrazone groups is 2. The van der Waals surface area contributed by atoms with E-state index in [1.54, 1.807) is 42.5 Å². The van der Waals surface area contributed by atoms with Gasteiger partial charge >= 0.3 is 26.5 Å². The molecule has 0 fully saturated rings. The number of nitrogens with zero attached hydrogens (tertiary/aromatic N) is 4. The van der Waals surface area contributed by atoms with Crippen molar-refractivity contribution in [1.82, 2.24) is 10.5 Å². The molecule has 0 aliphatic carbocycles. The number of benzene rings is 5. The number of anilines is 4. The van der Waals surface area contributed by atoms with Crippen molar-refractivity contribution in [3.63, 3.8) is 0 Å². The minimum atomic E-state index is -4.72.